The molecule has 3 N–H and O–H groups in total. The van der Waals surface area contributed by atoms with Crippen LogP contribution in [-0.4, -0.2) is 24.5 Å². The molecule has 2 rings (SSSR count). The molecule has 0 aromatic heterocycles. The van der Waals surface area contributed by atoms with E-state index in [0.717, 1.165) is 23.7 Å². The number of nitrogens with two attached hydrogens (primary N) is 1. The standard InChI is InChI=1S/C15H23N3O/c1-10-7-13(10)9-18(3)15(19)17-14-6-4-5-12(8-14)11(2)16/h4-6,8,10-11,13H,7,9,16H2,1-3H3,(H,17,19). The molecule has 0 radical (unpaired) electrons. The van der Waals surface area contributed by atoms with Crippen LogP contribution in [0.2, 0.25) is 0 Å². The van der Waals surface area contributed by atoms with Crippen molar-refractivity contribution < 1.29 is 4.79 Å². The zero-order chi connectivity index (χ0) is 14.0. The number of anilines is 1. The van der Waals surface area contributed by atoms with Crippen molar-refractivity contribution in [3.8, 4) is 0 Å². The molecular formula is C15H23N3O. The van der Waals surface area contributed by atoms with Gasteiger partial charge in [-0.3, -0.25) is 0 Å². The van der Waals surface area contributed by atoms with Crippen molar-refractivity contribution in [1.29, 1.82) is 0 Å². The van der Waals surface area contributed by atoms with Gasteiger partial charge in [0.05, 0.1) is 0 Å². The fraction of sp³-hybridized carbons (Fsp3) is 0.533. The van der Waals surface area contributed by atoms with Gasteiger partial charge in [0.2, 0.25) is 0 Å². The van der Waals surface area contributed by atoms with Gasteiger partial charge < -0.3 is 16.0 Å². The largest absolute Gasteiger partial charge is 0.327 e. The number of carbonyl (C=O) groups is 1. The Labute approximate surface area is 115 Å². The van der Waals surface area contributed by atoms with E-state index < -0.39 is 0 Å². The Kier molecular flexibility index (Phi) is 4.10. The molecule has 1 aliphatic rings. The third-order valence-electron chi connectivity index (χ3n) is 3.79. The van der Waals surface area contributed by atoms with E-state index in [1.54, 1.807) is 4.90 Å². The molecule has 2 amide bonds. The summed E-state index contributed by atoms with van der Waals surface area (Å²) in [5.41, 5.74) is 7.67. The summed E-state index contributed by atoms with van der Waals surface area (Å²) < 4.78 is 0. The minimum atomic E-state index is -0.0547. The first-order valence-electron chi connectivity index (χ1n) is 6.85. The lowest BCUT2D eigenvalue weighted by Crippen LogP contribution is -2.33. The number of rotatable bonds is 4. The highest BCUT2D eigenvalue weighted by Crippen LogP contribution is 2.37. The Bertz CT molecular complexity index is 458. The van der Waals surface area contributed by atoms with Crippen LogP contribution in [0, 0.1) is 11.8 Å². The maximum atomic E-state index is 12.0. The molecule has 0 bridgehead atoms. The van der Waals surface area contributed by atoms with E-state index >= 15 is 0 Å². The molecule has 4 heteroatoms. The highest BCUT2D eigenvalue weighted by molar-refractivity contribution is 5.89. The Morgan fingerprint density at radius 2 is 2.26 bits per heavy atom. The Morgan fingerprint density at radius 1 is 1.58 bits per heavy atom. The maximum Gasteiger partial charge on any atom is 0.321 e. The third kappa shape index (κ3) is 3.70. The molecule has 3 unspecified atom stereocenters. The van der Waals surface area contributed by atoms with Crippen LogP contribution in [-0.2, 0) is 0 Å². The monoisotopic (exact) mass is 261 g/mol. The van der Waals surface area contributed by atoms with E-state index in [-0.39, 0.29) is 12.1 Å². The van der Waals surface area contributed by atoms with Gasteiger partial charge in [0.15, 0.2) is 0 Å². The summed E-state index contributed by atoms with van der Waals surface area (Å²) in [4.78, 5) is 13.8. The minimum absolute atomic E-state index is 0.0260. The van der Waals surface area contributed by atoms with Crippen molar-refractivity contribution in [2.24, 2.45) is 17.6 Å². The molecular weight excluding hydrogens is 238 g/mol. The van der Waals surface area contributed by atoms with Crippen LogP contribution in [0.1, 0.15) is 31.9 Å². The van der Waals surface area contributed by atoms with Gasteiger partial charge in [0, 0.05) is 25.3 Å². The lowest BCUT2D eigenvalue weighted by molar-refractivity contribution is 0.220. The van der Waals surface area contributed by atoms with Crippen molar-refractivity contribution in [3.63, 3.8) is 0 Å². The summed E-state index contributed by atoms with van der Waals surface area (Å²) in [7, 11) is 1.84. The van der Waals surface area contributed by atoms with Crippen LogP contribution in [0.4, 0.5) is 10.5 Å². The van der Waals surface area contributed by atoms with Crippen molar-refractivity contribution in [2.45, 2.75) is 26.3 Å². The molecule has 4 nitrogen and oxygen atoms in total. The van der Waals surface area contributed by atoms with E-state index in [4.69, 9.17) is 5.73 Å². The SMILES string of the molecule is CC(N)c1cccc(NC(=O)N(C)CC2CC2C)c1. The summed E-state index contributed by atoms with van der Waals surface area (Å²) >= 11 is 0. The second-order valence-electron chi connectivity index (χ2n) is 5.70. The van der Waals surface area contributed by atoms with Gasteiger partial charge in [0.25, 0.3) is 0 Å². The number of benzene rings is 1. The van der Waals surface area contributed by atoms with Crippen LogP contribution in [0.15, 0.2) is 24.3 Å². The molecule has 104 valence electrons. The Hall–Kier alpha value is -1.55. The summed E-state index contributed by atoms with van der Waals surface area (Å²) in [5.74, 6) is 1.43. The molecule has 19 heavy (non-hydrogen) atoms. The molecule has 1 aromatic carbocycles. The number of urea groups is 1. The lowest BCUT2D eigenvalue weighted by Gasteiger charge is -2.18. The number of nitrogens with zero attached hydrogens (tertiary/aromatic N) is 1. The summed E-state index contributed by atoms with van der Waals surface area (Å²) in [6.07, 6.45) is 1.23. The van der Waals surface area contributed by atoms with Crippen molar-refractivity contribution in [1.82, 2.24) is 4.90 Å². The number of nitrogens with one attached hydrogen (secondary N) is 1. The van der Waals surface area contributed by atoms with E-state index in [0.29, 0.717) is 5.92 Å². The van der Waals surface area contributed by atoms with Gasteiger partial charge in [-0.1, -0.05) is 19.1 Å². The van der Waals surface area contributed by atoms with E-state index in [2.05, 4.69) is 12.2 Å². The lowest BCUT2D eigenvalue weighted by atomic mass is 10.1. The van der Waals surface area contributed by atoms with Crippen LogP contribution < -0.4 is 11.1 Å². The zero-order valence-electron chi connectivity index (χ0n) is 11.9. The average molecular weight is 261 g/mol. The number of hydrogen-bond donors (Lipinski definition) is 2. The molecule has 1 saturated carbocycles. The van der Waals surface area contributed by atoms with Gasteiger partial charge in [-0.25, -0.2) is 4.79 Å². The van der Waals surface area contributed by atoms with Gasteiger partial charge in [0.1, 0.15) is 0 Å². The van der Waals surface area contributed by atoms with Crippen LogP contribution in [0.5, 0.6) is 0 Å². The number of carbonyl (C=O) groups excluding carboxylic acids is 1. The molecule has 0 heterocycles. The van der Waals surface area contributed by atoms with Crippen molar-refractivity contribution >= 4 is 11.7 Å². The van der Waals surface area contributed by atoms with Crippen LogP contribution in [0.25, 0.3) is 0 Å². The fourth-order valence-electron chi connectivity index (χ4n) is 2.21. The van der Waals surface area contributed by atoms with E-state index in [1.807, 2.05) is 38.2 Å². The first-order valence-corrected chi connectivity index (χ1v) is 6.85. The highest BCUT2D eigenvalue weighted by atomic mass is 16.2. The van der Waals surface area contributed by atoms with E-state index in [9.17, 15) is 4.79 Å². The average Bonchev–Trinajstić information content (AvgIpc) is 3.05. The van der Waals surface area contributed by atoms with Gasteiger partial charge >= 0.3 is 6.03 Å². The van der Waals surface area contributed by atoms with Gasteiger partial charge in [-0.15, -0.1) is 0 Å². The topological polar surface area (TPSA) is 58.4 Å². The van der Waals surface area contributed by atoms with E-state index in [1.165, 1.54) is 6.42 Å². The molecule has 0 aliphatic heterocycles. The molecule has 3 atom stereocenters. The molecule has 0 saturated heterocycles. The minimum Gasteiger partial charge on any atom is -0.327 e. The smallest absolute Gasteiger partial charge is 0.321 e. The molecule has 0 spiro atoms. The Balaban J connectivity index is 1.92. The first kappa shape index (κ1) is 13.9. The Morgan fingerprint density at radius 3 is 2.84 bits per heavy atom. The van der Waals surface area contributed by atoms with Crippen molar-refractivity contribution in [3.05, 3.63) is 29.8 Å². The third-order valence-corrected chi connectivity index (χ3v) is 3.79. The number of amides is 2. The molecule has 1 aromatic rings. The normalized spacial score (nSPS) is 22.7. The molecule has 1 fully saturated rings. The van der Waals surface area contributed by atoms with Gasteiger partial charge in [-0.2, -0.15) is 0 Å². The zero-order valence-corrected chi connectivity index (χ0v) is 11.9. The number of hydrogen-bond acceptors (Lipinski definition) is 2. The first-order chi connectivity index (χ1) is 8.97. The van der Waals surface area contributed by atoms with Crippen LogP contribution in [0.3, 0.4) is 0 Å². The maximum absolute atomic E-state index is 12.0. The highest BCUT2D eigenvalue weighted by Gasteiger charge is 2.34. The predicted molar refractivity (Wildman–Crippen MR) is 78.0 cm³/mol. The van der Waals surface area contributed by atoms with Gasteiger partial charge in [-0.05, 0) is 42.9 Å². The summed E-state index contributed by atoms with van der Waals surface area (Å²) in [6, 6.07) is 7.61. The second kappa shape index (κ2) is 5.61. The second-order valence-corrected chi connectivity index (χ2v) is 5.70. The quantitative estimate of drug-likeness (QED) is 0.875. The fourth-order valence-corrected chi connectivity index (χ4v) is 2.21. The summed E-state index contributed by atoms with van der Waals surface area (Å²) in [6.45, 7) is 4.99. The van der Waals surface area contributed by atoms with Crippen LogP contribution >= 0.6 is 0 Å². The molecule has 1 aliphatic carbocycles. The summed E-state index contributed by atoms with van der Waals surface area (Å²) in [5, 5.41) is 2.92. The predicted octanol–water partition coefficient (Wildman–Crippen LogP) is 2.83. The van der Waals surface area contributed by atoms with Crippen molar-refractivity contribution in [2.75, 3.05) is 18.9 Å².